The van der Waals surface area contributed by atoms with Crippen molar-refractivity contribution < 1.29 is 9.90 Å². The predicted molar refractivity (Wildman–Crippen MR) is 68.3 cm³/mol. The number of carbonyl (C=O) groups is 1. The van der Waals surface area contributed by atoms with E-state index in [1.165, 1.54) is 0 Å². The first-order valence-corrected chi connectivity index (χ1v) is 5.88. The van der Waals surface area contributed by atoms with Crippen molar-refractivity contribution in [1.29, 1.82) is 0 Å². The molecule has 0 radical (unpaired) electrons. The molecular weight excluding hydrogens is 216 g/mol. The van der Waals surface area contributed by atoms with Gasteiger partial charge in [0.2, 0.25) is 0 Å². The molecule has 0 aromatic carbocycles. The Kier molecular flexibility index (Phi) is 4.94. The molecule has 0 spiro atoms. The van der Waals surface area contributed by atoms with E-state index in [1.54, 1.807) is 0 Å². The Morgan fingerprint density at radius 1 is 1.47 bits per heavy atom. The van der Waals surface area contributed by atoms with Gasteiger partial charge in [-0.2, -0.15) is 0 Å². The van der Waals surface area contributed by atoms with Gasteiger partial charge >= 0.3 is 5.97 Å². The Hall–Kier alpha value is -1.58. The van der Waals surface area contributed by atoms with Crippen molar-refractivity contribution in [3.63, 3.8) is 0 Å². The third-order valence-corrected chi connectivity index (χ3v) is 2.40. The van der Waals surface area contributed by atoms with Crippen LogP contribution in [0.1, 0.15) is 25.8 Å². The molecule has 0 bridgehead atoms. The minimum absolute atomic E-state index is 0.141. The quantitative estimate of drug-likeness (QED) is 0.823. The monoisotopic (exact) mass is 236 g/mol. The van der Waals surface area contributed by atoms with E-state index < -0.39 is 5.97 Å². The number of anilines is 1. The Labute approximate surface area is 102 Å². The molecule has 0 saturated heterocycles. The molecule has 1 aromatic rings. The summed E-state index contributed by atoms with van der Waals surface area (Å²) < 4.78 is 0. The molecule has 0 aliphatic rings. The summed E-state index contributed by atoms with van der Waals surface area (Å²) in [5.41, 5.74) is 1.11. The highest BCUT2D eigenvalue weighted by Gasteiger charge is 2.11. The molecule has 0 amide bonds. The van der Waals surface area contributed by atoms with E-state index in [4.69, 9.17) is 5.11 Å². The van der Waals surface area contributed by atoms with Crippen LogP contribution in [0.4, 0.5) is 5.82 Å². The Balaban J connectivity index is 2.74. The van der Waals surface area contributed by atoms with Crippen LogP contribution in [-0.2, 0) is 4.79 Å². The highest BCUT2D eigenvalue weighted by atomic mass is 16.4. The van der Waals surface area contributed by atoms with Crippen LogP contribution in [0.25, 0.3) is 0 Å². The largest absolute Gasteiger partial charge is 0.481 e. The molecule has 17 heavy (non-hydrogen) atoms. The van der Waals surface area contributed by atoms with Crippen molar-refractivity contribution in [2.24, 2.45) is 5.92 Å². The highest BCUT2D eigenvalue weighted by molar-refractivity contribution is 5.67. The predicted octanol–water partition coefficient (Wildman–Crippen LogP) is 2.33. The molecule has 0 aliphatic carbocycles. The number of hydrogen-bond donors (Lipinski definition) is 1. The smallest absolute Gasteiger partial charge is 0.305 e. The van der Waals surface area contributed by atoms with Gasteiger partial charge in [0.15, 0.2) is 0 Å². The number of carboxylic acid groups (broad SMARTS) is 1. The lowest BCUT2D eigenvalue weighted by Gasteiger charge is -2.25. The van der Waals surface area contributed by atoms with E-state index in [2.05, 4.69) is 18.8 Å². The van der Waals surface area contributed by atoms with Crippen LogP contribution in [0.5, 0.6) is 0 Å². The molecule has 4 heteroatoms. The van der Waals surface area contributed by atoms with Gasteiger partial charge in [-0.05, 0) is 24.5 Å². The lowest BCUT2D eigenvalue weighted by molar-refractivity contribution is -0.136. The average Bonchev–Trinajstić information content (AvgIpc) is 2.25. The van der Waals surface area contributed by atoms with Crippen molar-refractivity contribution in [1.82, 2.24) is 4.98 Å². The molecule has 0 fully saturated rings. The molecule has 1 N–H and O–H groups in total. The summed E-state index contributed by atoms with van der Waals surface area (Å²) in [5, 5.41) is 8.74. The number of aromatic nitrogens is 1. The number of hydrogen-bond acceptors (Lipinski definition) is 3. The first kappa shape index (κ1) is 13.5. The summed E-state index contributed by atoms with van der Waals surface area (Å²) in [7, 11) is 0. The zero-order valence-corrected chi connectivity index (χ0v) is 10.7. The fourth-order valence-electron chi connectivity index (χ4n) is 1.62. The maximum Gasteiger partial charge on any atom is 0.305 e. The number of pyridine rings is 1. The molecule has 1 aromatic heterocycles. The first-order valence-electron chi connectivity index (χ1n) is 5.88. The van der Waals surface area contributed by atoms with Crippen LogP contribution < -0.4 is 4.90 Å². The van der Waals surface area contributed by atoms with E-state index in [-0.39, 0.29) is 6.42 Å². The molecule has 0 atom stereocenters. The molecular formula is C13H20N2O2. The zero-order chi connectivity index (χ0) is 12.8. The van der Waals surface area contributed by atoms with Gasteiger partial charge in [-0.3, -0.25) is 4.79 Å². The van der Waals surface area contributed by atoms with Gasteiger partial charge in [-0.15, -0.1) is 0 Å². The van der Waals surface area contributed by atoms with E-state index >= 15 is 0 Å². The maximum absolute atomic E-state index is 10.6. The van der Waals surface area contributed by atoms with Crippen molar-refractivity contribution >= 4 is 11.8 Å². The van der Waals surface area contributed by atoms with Gasteiger partial charge in [0.1, 0.15) is 5.82 Å². The van der Waals surface area contributed by atoms with Gasteiger partial charge in [-0.1, -0.05) is 19.9 Å². The lowest BCUT2D eigenvalue weighted by atomic mass is 10.2. The average molecular weight is 236 g/mol. The Morgan fingerprint density at radius 3 is 2.65 bits per heavy atom. The van der Waals surface area contributed by atoms with Crippen LogP contribution in [0, 0.1) is 12.8 Å². The SMILES string of the molecule is Cc1ccc(N(CCC(=O)O)CC(C)C)nc1. The Bertz CT molecular complexity index is 360. The molecule has 4 nitrogen and oxygen atoms in total. The third kappa shape index (κ3) is 4.85. The normalized spacial score (nSPS) is 10.6. The van der Waals surface area contributed by atoms with Crippen LogP contribution in [-0.4, -0.2) is 29.1 Å². The topological polar surface area (TPSA) is 53.4 Å². The van der Waals surface area contributed by atoms with Gasteiger partial charge in [0, 0.05) is 19.3 Å². The van der Waals surface area contributed by atoms with E-state index in [0.29, 0.717) is 12.5 Å². The van der Waals surface area contributed by atoms with Crippen molar-refractivity contribution in [2.75, 3.05) is 18.0 Å². The lowest BCUT2D eigenvalue weighted by Crippen LogP contribution is -2.30. The minimum Gasteiger partial charge on any atom is -0.481 e. The fourth-order valence-corrected chi connectivity index (χ4v) is 1.62. The highest BCUT2D eigenvalue weighted by Crippen LogP contribution is 2.13. The van der Waals surface area contributed by atoms with E-state index in [0.717, 1.165) is 17.9 Å². The summed E-state index contributed by atoms with van der Waals surface area (Å²) in [4.78, 5) is 17.0. The fraction of sp³-hybridized carbons (Fsp3) is 0.538. The second-order valence-corrected chi connectivity index (χ2v) is 4.68. The number of rotatable bonds is 6. The van der Waals surface area contributed by atoms with E-state index in [9.17, 15) is 4.79 Å². The number of aryl methyl sites for hydroxylation is 1. The summed E-state index contributed by atoms with van der Waals surface area (Å²) in [6.45, 7) is 7.54. The zero-order valence-electron chi connectivity index (χ0n) is 10.7. The third-order valence-electron chi connectivity index (χ3n) is 2.40. The minimum atomic E-state index is -0.772. The summed E-state index contributed by atoms with van der Waals surface area (Å²) >= 11 is 0. The van der Waals surface area contributed by atoms with Crippen LogP contribution in [0.15, 0.2) is 18.3 Å². The maximum atomic E-state index is 10.6. The van der Waals surface area contributed by atoms with Crippen LogP contribution in [0.3, 0.4) is 0 Å². The summed E-state index contributed by atoms with van der Waals surface area (Å²) in [5.74, 6) is 0.559. The second-order valence-electron chi connectivity index (χ2n) is 4.68. The van der Waals surface area contributed by atoms with Gasteiger partial charge in [-0.25, -0.2) is 4.98 Å². The standard InChI is InChI=1S/C13H20N2O2/c1-10(2)9-15(7-6-13(16)17)12-5-4-11(3)8-14-12/h4-5,8,10H,6-7,9H2,1-3H3,(H,16,17). The van der Waals surface area contributed by atoms with Crippen molar-refractivity contribution in [2.45, 2.75) is 27.2 Å². The second kappa shape index (κ2) is 6.23. The molecule has 1 rings (SSSR count). The van der Waals surface area contributed by atoms with Crippen LogP contribution >= 0.6 is 0 Å². The molecule has 1 heterocycles. The number of aliphatic carboxylic acids is 1. The Morgan fingerprint density at radius 2 is 2.18 bits per heavy atom. The number of nitrogens with zero attached hydrogens (tertiary/aromatic N) is 2. The van der Waals surface area contributed by atoms with E-state index in [1.807, 2.05) is 30.2 Å². The van der Waals surface area contributed by atoms with Gasteiger partial charge in [0.25, 0.3) is 0 Å². The summed E-state index contributed by atoms with van der Waals surface area (Å²) in [6, 6.07) is 3.94. The van der Waals surface area contributed by atoms with Crippen molar-refractivity contribution in [3.05, 3.63) is 23.9 Å². The number of carboxylic acids is 1. The molecule has 0 unspecified atom stereocenters. The van der Waals surface area contributed by atoms with Crippen LogP contribution in [0.2, 0.25) is 0 Å². The molecule has 94 valence electrons. The summed E-state index contributed by atoms with van der Waals surface area (Å²) in [6.07, 6.45) is 1.95. The molecule has 0 aliphatic heterocycles. The van der Waals surface area contributed by atoms with Crippen molar-refractivity contribution in [3.8, 4) is 0 Å². The van der Waals surface area contributed by atoms with Gasteiger partial charge in [0.05, 0.1) is 6.42 Å². The first-order chi connectivity index (χ1) is 7.99. The van der Waals surface area contributed by atoms with Gasteiger partial charge < -0.3 is 10.0 Å². The molecule has 0 saturated carbocycles.